The lowest BCUT2D eigenvalue weighted by Gasteiger charge is -2.32. The zero-order valence-electron chi connectivity index (χ0n) is 12.6. The molecule has 0 heterocycles. The van der Waals surface area contributed by atoms with E-state index in [9.17, 15) is 0 Å². The van der Waals surface area contributed by atoms with Gasteiger partial charge >= 0.3 is 0 Å². The van der Waals surface area contributed by atoms with Crippen LogP contribution in [0.4, 0.5) is 0 Å². The van der Waals surface area contributed by atoms with Crippen LogP contribution in [0.25, 0.3) is 6.08 Å². The van der Waals surface area contributed by atoms with Gasteiger partial charge in [0.15, 0.2) is 0 Å². The second kappa shape index (κ2) is 5.06. The fourth-order valence-electron chi connectivity index (χ4n) is 3.74. The summed E-state index contributed by atoms with van der Waals surface area (Å²) >= 11 is 0. The van der Waals surface area contributed by atoms with Gasteiger partial charge in [-0.1, -0.05) is 84.9 Å². The van der Waals surface area contributed by atoms with Crippen molar-refractivity contribution in [2.75, 3.05) is 0 Å². The summed E-state index contributed by atoms with van der Waals surface area (Å²) in [6.45, 7) is 7.37. The van der Waals surface area contributed by atoms with E-state index in [1.54, 1.807) is 11.1 Å². The maximum absolute atomic E-state index is 2.53. The van der Waals surface area contributed by atoms with Gasteiger partial charge in [-0.25, -0.2) is 0 Å². The molecule has 20 heavy (non-hydrogen) atoms. The lowest BCUT2D eigenvalue weighted by molar-refractivity contribution is 1.04. The van der Waals surface area contributed by atoms with Gasteiger partial charge in [-0.2, -0.15) is 0 Å². The van der Waals surface area contributed by atoms with Crippen molar-refractivity contribution in [3.05, 3.63) is 76.9 Å². The molecule has 1 heteroatoms. The van der Waals surface area contributed by atoms with E-state index in [2.05, 4.69) is 80.7 Å². The van der Waals surface area contributed by atoms with Crippen LogP contribution < -0.4 is 0 Å². The van der Waals surface area contributed by atoms with Crippen molar-refractivity contribution in [2.24, 2.45) is 0 Å². The molecular formula is C19H22Si. The van der Waals surface area contributed by atoms with Gasteiger partial charge in [0.1, 0.15) is 0 Å². The number of hydrogen-bond acceptors (Lipinski definition) is 0. The van der Waals surface area contributed by atoms with Crippen LogP contribution in [0.15, 0.2) is 60.2 Å². The molecule has 0 bridgehead atoms. The Morgan fingerprint density at radius 2 is 1.55 bits per heavy atom. The molecule has 1 aliphatic rings. The van der Waals surface area contributed by atoms with Gasteiger partial charge in [-0.3, -0.25) is 0 Å². The highest BCUT2D eigenvalue weighted by atomic mass is 28.3. The van der Waals surface area contributed by atoms with E-state index in [0.717, 1.165) is 0 Å². The van der Waals surface area contributed by atoms with Crippen molar-refractivity contribution in [3.8, 4) is 0 Å². The second-order valence-corrected chi connectivity index (χ2v) is 11.5. The summed E-state index contributed by atoms with van der Waals surface area (Å²) in [7, 11) is -1.39. The monoisotopic (exact) mass is 278 g/mol. The number of rotatable bonds is 3. The summed E-state index contributed by atoms with van der Waals surface area (Å²) < 4.78 is 0. The van der Waals surface area contributed by atoms with E-state index in [1.165, 1.54) is 17.2 Å². The standard InChI is InChI=1S/C19H22Si/c1-15-13-17-11-7-8-12-18(17)19(15)20(2,3)14-16-9-5-4-6-10-16/h4-13,19H,14H2,1-3H3. The second-order valence-electron chi connectivity index (χ2n) is 6.60. The molecule has 1 atom stereocenters. The van der Waals surface area contributed by atoms with Crippen LogP contribution in [0.3, 0.4) is 0 Å². The molecule has 0 N–H and O–H groups in total. The predicted octanol–water partition coefficient (Wildman–Crippen LogP) is 5.22. The first-order valence-electron chi connectivity index (χ1n) is 7.39. The van der Waals surface area contributed by atoms with Crippen LogP contribution in [-0.4, -0.2) is 8.07 Å². The third-order valence-electron chi connectivity index (χ3n) is 4.43. The van der Waals surface area contributed by atoms with Crippen LogP contribution in [0, 0.1) is 0 Å². The fourth-order valence-corrected chi connectivity index (χ4v) is 7.65. The zero-order valence-corrected chi connectivity index (χ0v) is 13.6. The molecule has 0 aliphatic heterocycles. The van der Waals surface area contributed by atoms with Gasteiger partial charge in [0.25, 0.3) is 0 Å². The molecule has 2 aromatic rings. The lowest BCUT2D eigenvalue weighted by Crippen LogP contribution is -2.38. The highest BCUT2D eigenvalue weighted by molar-refractivity contribution is 6.79. The van der Waals surface area contributed by atoms with Crippen molar-refractivity contribution in [3.63, 3.8) is 0 Å². The predicted molar refractivity (Wildman–Crippen MR) is 90.5 cm³/mol. The number of hydrogen-bond donors (Lipinski definition) is 0. The molecule has 1 unspecified atom stereocenters. The quantitative estimate of drug-likeness (QED) is 0.676. The molecule has 0 saturated carbocycles. The van der Waals surface area contributed by atoms with Gasteiger partial charge < -0.3 is 0 Å². The van der Waals surface area contributed by atoms with E-state index in [-0.39, 0.29) is 0 Å². The van der Waals surface area contributed by atoms with Gasteiger partial charge in [0, 0.05) is 5.54 Å². The van der Waals surface area contributed by atoms with Crippen LogP contribution in [0.1, 0.15) is 29.2 Å². The molecule has 102 valence electrons. The van der Waals surface area contributed by atoms with E-state index < -0.39 is 8.07 Å². The van der Waals surface area contributed by atoms with Crippen LogP contribution >= 0.6 is 0 Å². The first kappa shape index (κ1) is 13.4. The van der Waals surface area contributed by atoms with Gasteiger partial charge in [0.05, 0.1) is 8.07 Å². The largest absolute Gasteiger partial charge is 0.0684 e. The molecule has 0 spiro atoms. The third kappa shape index (κ3) is 2.38. The number of allylic oxidation sites excluding steroid dienone is 1. The average Bonchev–Trinajstić information content (AvgIpc) is 2.75. The number of benzene rings is 2. The molecule has 1 aliphatic carbocycles. The van der Waals surface area contributed by atoms with E-state index in [1.807, 2.05) is 0 Å². The molecule has 0 fully saturated rings. The summed E-state index contributed by atoms with van der Waals surface area (Å²) in [5.41, 5.74) is 6.69. The molecule has 2 aromatic carbocycles. The molecular weight excluding hydrogens is 256 g/mol. The Morgan fingerprint density at radius 1 is 0.900 bits per heavy atom. The summed E-state index contributed by atoms with van der Waals surface area (Å²) in [6, 6.07) is 21.1. The van der Waals surface area contributed by atoms with Crippen LogP contribution in [0.2, 0.25) is 13.1 Å². The first-order valence-corrected chi connectivity index (χ1v) is 10.7. The van der Waals surface area contributed by atoms with Gasteiger partial charge in [0.2, 0.25) is 0 Å². The first-order chi connectivity index (χ1) is 9.58. The van der Waals surface area contributed by atoms with Crippen molar-refractivity contribution in [1.29, 1.82) is 0 Å². The lowest BCUT2D eigenvalue weighted by atomic mass is 10.1. The molecule has 0 radical (unpaired) electrons. The Kier molecular flexibility index (Phi) is 3.39. The minimum Gasteiger partial charge on any atom is -0.0684 e. The average molecular weight is 278 g/mol. The Bertz CT molecular complexity index is 638. The van der Waals surface area contributed by atoms with Crippen LogP contribution in [-0.2, 0) is 6.04 Å². The Balaban J connectivity index is 1.94. The maximum Gasteiger partial charge on any atom is 0.0642 e. The maximum atomic E-state index is 2.53. The van der Waals surface area contributed by atoms with Crippen molar-refractivity contribution in [1.82, 2.24) is 0 Å². The van der Waals surface area contributed by atoms with Crippen LogP contribution in [0.5, 0.6) is 0 Å². The third-order valence-corrected chi connectivity index (χ3v) is 8.08. The minimum absolute atomic E-state index is 0.666. The molecule has 3 rings (SSSR count). The number of fused-ring (bicyclic) bond motifs is 1. The summed E-state index contributed by atoms with van der Waals surface area (Å²) in [5.74, 6) is 0. The SMILES string of the molecule is CC1=Cc2ccccc2C1[Si](C)(C)Cc1ccccc1. The highest BCUT2D eigenvalue weighted by Gasteiger charge is 2.37. The Labute approximate surface area is 123 Å². The van der Waals surface area contributed by atoms with E-state index in [0.29, 0.717) is 5.54 Å². The molecule has 0 aromatic heterocycles. The smallest absolute Gasteiger partial charge is 0.0642 e. The Hall–Kier alpha value is -1.60. The van der Waals surface area contributed by atoms with Gasteiger partial charge in [-0.15, -0.1) is 0 Å². The Morgan fingerprint density at radius 3 is 2.30 bits per heavy atom. The highest BCUT2D eigenvalue weighted by Crippen LogP contribution is 2.42. The minimum atomic E-state index is -1.39. The van der Waals surface area contributed by atoms with Crippen molar-refractivity contribution >= 4 is 14.1 Å². The summed E-state index contributed by atoms with van der Waals surface area (Å²) in [6.07, 6.45) is 2.39. The topological polar surface area (TPSA) is 0 Å². The van der Waals surface area contributed by atoms with Crippen molar-refractivity contribution < 1.29 is 0 Å². The molecule has 0 saturated heterocycles. The summed E-state index contributed by atoms with van der Waals surface area (Å²) in [4.78, 5) is 0. The molecule has 0 nitrogen and oxygen atoms in total. The van der Waals surface area contributed by atoms with Gasteiger partial charge in [-0.05, 0) is 24.1 Å². The van der Waals surface area contributed by atoms with E-state index >= 15 is 0 Å². The zero-order chi connectivity index (χ0) is 14.2. The fraction of sp³-hybridized carbons (Fsp3) is 0.263. The molecule has 0 amide bonds. The summed E-state index contributed by atoms with van der Waals surface area (Å²) in [5, 5.41) is 0. The van der Waals surface area contributed by atoms with E-state index in [4.69, 9.17) is 0 Å². The van der Waals surface area contributed by atoms with Crippen molar-refractivity contribution in [2.45, 2.75) is 31.6 Å². The normalized spacial score (nSPS) is 17.8.